The number of aromatic nitrogens is 2. The Balaban J connectivity index is 2.34. The van der Waals surface area contributed by atoms with Gasteiger partial charge < -0.3 is 10.6 Å². The van der Waals surface area contributed by atoms with Crippen LogP contribution in [-0.4, -0.2) is 22.6 Å². The first-order valence-corrected chi connectivity index (χ1v) is 7.09. The van der Waals surface area contributed by atoms with Crippen molar-refractivity contribution in [2.45, 2.75) is 58.9 Å². The zero-order valence-electron chi connectivity index (χ0n) is 11.9. The molecular weight excluding hydrogens is 224 g/mol. The monoisotopic (exact) mass is 250 g/mol. The van der Waals surface area contributed by atoms with E-state index in [-0.39, 0.29) is 0 Å². The molecule has 1 heterocycles. The quantitative estimate of drug-likeness (QED) is 0.656. The highest BCUT2D eigenvalue weighted by atomic mass is 15.1. The summed E-state index contributed by atoms with van der Waals surface area (Å²) in [6.07, 6.45) is 8.23. The van der Waals surface area contributed by atoms with Crippen molar-refractivity contribution in [1.29, 1.82) is 0 Å². The van der Waals surface area contributed by atoms with Crippen LogP contribution in [0.5, 0.6) is 0 Å². The van der Waals surface area contributed by atoms with Gasteiger partial charge in [0.1, 0.15) is 5.82 Å². The molecule has 18 heavy (non-hydrogen) atoms. The van der Waals surface area contributed by atoms with Crippen LogP contribution >= 0.6 is 0 Å². The minimum absolute atomic E-state index is 0.464. The SMILES string of the molecule is CCCCCCC(C)Nc1ccnc(NCC)n1. The van der Waals surface area contributed by atoms with Crippen molar-refractivity contribution in [3.8, 4) is 0 Å². The molecule has 0 fully saturated rings. The molecule has 0 saturated carbocycles. The van der Waals surface area contributed by atoms with E-state index in [9.17, 15) is 0 Å². The molecule has 0 aliphatic heterocycles. The first-order valence-electron chi connectivity index (χ1n) is 7.09. The van der Waals surface area contributed by atoms with Crippen LogP contribution in [0, 0.1) is 0 Å². The van der Waals surface area contributed by atoms with Gasteiger partial charge in [-0.05, 0) is 26.3 Å². The van der Waals surface area contributed by atoms with Crippen molar-refractivity contribution < 1.29 is 0 Å². The van der Waals surface area contributed by atoms with E-state index in [1.165, 1.54) is 32.1 Å². The molecule has 0 aliphatic rings. The van der Waals surface area contributed by atoms with Gasteiger partial charge >= 0.3 is 0 Å². The van der Waals surface area contributed by atoms with Crippen LogP contribution in [0.4, 0.5) is 11.8 Å². The maximum atomic E-state index is 4.41. The molecule has 1 aromatic rings. The zero-order chi connectivity index (χ0) is 13.2. The van der Waals surface area contributed by atoms with E-state index in [4.69, 9.17) is 0 Å². The number of hydrogen-bond acceptors (Lipinski definition) is 4. The minimum atomic E-state index is 0.464. The van der Waals surface area contributed by atoms with Gasteiger partial charge in [-0.25, -0.2) is 4.98 Å². The van der Waals surface area contributed by atoms with Crippen LogP contribution in [0.1, 0.15) is 52.9 Å². The standard InChI is InChI=1S/C14H26N4/c1-4-6-7-8-9-12(3)17-13-10-11-16-14(18-13)15-5-2/h10-12H,4-9H2,1-3H3,(H2,15,16,17,18). The average Bonchev–Trinajstić information content (AvgIpc) is 2.35. The number of nitrogens with one attached hydrogen (secondary N) is 2. The molecule has 0 radical (unpaired) electrons. The summed E-state index contributed by atoms with van der Waals surface area (Å²) in [6.45, 7) is 7.33. The normalized spacial score (nSPS) is 12.2. The lowest BCUT2D eigenvalue weighted by atomic mass is 10.1. The second-order valence-electron chi connectivity index (χ2n) is 4.69. The molecule has 1 atom stereocenters. The predicted molar refractivity (Wildman–Crippen MR) is 78.0 cm³/mol. The summed E-state index contributed by atoms with van der Waals surface area (Å²) in [5.74, 6) is 1.60. The summed E-state index contributed by atoms with van der Waals surface area (Å²) >= 11 is 0. The summed E-state index contributed by atoms with van der Waals surface area (Å²) < 4.78 is 0. The highest BCUT2D eigenvalue weighted by Gasteiger charge is 2.03. The second-order valence-corrected chi connectivity index (χ2v) is 4.69. The molecule has 0 bridgehead atoms. The predicted octanol–water partition coefficient (Wildman–Crippen LogP) is 3.68. The average molecular weight is 250 g/mol. The number of anilines is 2. The second kappa shape index (κ2) is 8.72. The third-order valence-corrected chi connectivity index (χ3v) is 2.88. The Labute approximate surface area is 111 Å². The topological polar surface area (TPSA) is 49.8 Å². The largest absolute Gasteiger partial charge is 0.367 e. The summed E-state index contributed by atoms with van der Waals surface area (Å²) in [4.78, 5) is 8.57. The molecule has 0 amide bonds. The molecule has 102 valence electrons. The third-order valence-electron chi connectivity index (χ3n) is 2.88. The number of unbranched alkanes of at least 4 members (excludes halogenated alkanes) is 3. The Bertz CT molecular complexity index is 327. The number of rotatable bonds is 9. The van der Waals surface area contributed by atoms with Crippen molar-refractivity contribution in [2.24, 2.45) is 0 Å². The highest BCUT2D eigenvalue weighted by molar-refractivity contribution is 5.40. The van der Waals surface area contributed by atoms with Crippen LogP contribution in [0.15, 0.2) is 12.3 Å². The van der Waals surface area contributed by atoms with Crippen molar-refractivity contribution in [1.82, 2.24) is 9.97 Å². The Morgan fingerprint density at radius 1 is 1.22 bits per heavy atom. The van der Waals surface area contributed by atoms with Gasteiger partial charge in [-0.15, -0.1) is 0 Å². The van der Waals surface area contributed by atoms with E-state index in [2.05, 4.69) is 34.4 Å². The minimum Gasteiger partial charge on any atom is -0.367 e. The van der Waals surface area contributed by atoms with E-state index < -0.39 is 0 Å². The summed E-state index contributed by atoms with van der Waals surface area (Å²) in [5.41, 5.74) is 0. The van der Waals surface area contributed by atoms with Gasteiger partial charge in [0.2, 0.25) is 5.95 Å². The Morgan fingerprint density at radius 2 is 2.06 bits per heavy atom. The van der Waals surface area contributed by atoms with Crippen molar-refractivity contribution in [2.75, 3.05) is 17.2 Å². The lowest BCUT2D eigenvalue weighted by Gasteiger charge is -2.14. The molecule has 0 aliphatic carbocycles. The van der Waals surface area contributed by atoms with Gasteiger partial charge in [-0.1, -0.05) is 32.6 Å². The van der Waals surface area contributed by atoms with Gasteiger partial charge in [0.25, 0.3) is 0 Å². The highest BCUT2D eigenvalue weighted by Crippen LogP contribution is 2.11. The van der Waals surface area contributed by atoms with Gasteiger partial charge in [0.05, 0.1) is 0 Å². The van der Waals surface area contributed by atoms with Crippen LogP contribution in [-0.2, 0) is 0 Å². The van der Waals surface area contributed by atoms with Crippen molar-refractivity contribution >= 4 is 11.8 Å². The number of hydrogen-bond donors (Lipinski definition) is 2. The van der Waals surface area contributed by atoms with E-state index in [0.717, 1.165) is 12.4 Å². The van der Waals surface area contributed by atoms with Crippen LogP contribution in [0.3, 0.4) is 0 Å². The number of nitrogens with zero attached hydrogens (tertiary/aromatic N) is 2. The van der Waals surface area contributed by atoms with Gasteiger partial charge in [-0.2, -0.15) is 4.98 Å². The summed E-state index contributed by atoms with van der Waals surface area (Å²) in [6, 6.07) is 2.38. The summed E-state index contributed by atoms with van der Waals surface area (Å²) in [5, 5.41) is 6.55. The zero-order valence-corrected chi connectivity index (χ0v) is 11.9. The molecule has 1 unspecified atom stereocenters. The Hall–Kier alpha value is -1.32. The first kappa shape index (κ1) is 14.7. The molecule has 2 N–H and O–H groups in total. The summed E-state index contributed by atoms with van der Waals surface area (Å²) in [7, 11) is 0. The molecule has 0 spiro atoms. The fourth-order valence-electron chi connectivity index (χ4n) is 1.88. The smallest absolute Gasteiger partial charge is 0.224 e. The van der Waals surface area contributed by atoms with Gasteiger partial charge in [-0.3, -0.25) is 0 Å². The molecule has 4 heteroatoms. The fourth-order valence-corrected chi connectivity index (χ4v) is 1.88. The lowest BCUT2D eigenvalue weighted by molar-refractivity contribution is 0.593. The molecule has 1 aromatic heterocycles. The molecule has 0 saturated heterocycles. The van der Waals surface area contributed by atoms with E-state index in [0.29, 0.717) is 12.0 Å². The maximum absolute atomic E-state index is 4.41. The van der Waals surface area contributed by atoms with Crippen molar-refractivity contribution in [3.05, 3.63) is 12.3 Å². The van der Waals surface area contributed by atoms with Gasteiger partial charge in [0.15, 0.2) is 0 Å². The molecule has 1 rings (SSSR count). The fraction of sp³-hybridized carbons (Fsp3) is 0.714. The Morgan fingerprint density at radius 3 is 2.78 bits per heavy atom. The van der Waals surface area contributed by atoms with Crippen LogP contribution in [0.2, 0.25) is 0 Å². The lowest BCUT2D eigenvalue weighted by Crippen LogP contribution is -2.16. The third kappa shape index (κ3) is 5.84. The van der Waals surface area contributed by atoms with E-state index >= 15 is 0 Å². The molecule has 0 aromatic carbocycles. The van der Waals surface area contributed by atoms with Crippen molar-refractivity contribution in [3.63, 3.8) is 0 Å². The molecular formula is C14H26N4. The van der Waals surface area contributed by atoms with Crippen LogP contribution in [0.25, 0.3) is 0 Å². The first-order chi connectivity index (χ1) is 8.76. The van der Waals surface area contributed by atoms with E-state index in [1.54, 1.807) is 6.20 Å². The van der Waals surface area contributed by atoms with E-state index in [1.807, 2.05) is 13.0 Å². The Kier molecular flexibility index (Phi) is 7.14. The van der Waals surface area contributed by atoms with Crippen LogP contribution < -0.4 is 10.6 Å². The van der Waals surface area contributed by atoms with Gasteiger partial charge in [0, 0.05) is 18.8 Å². The maximum Gasteiger partial charge on any atom is 0.224 e. The molecule has 4 nitrogen and oxygen atoms in total.